The first-order valence-corrected chi connectivity index (χ1v) is 7.48. The van der Waals surface area contributed by atoms with Crippen molar-refractivity contribution in [2.75, 3.05) is 12.4 Å². The first-order valence-electron chi connectivity index (χ1n) is 7.48. The van der Waals surface area contributed by atoms with Crippen LogP contribution in [0.15, 0.2) is 48.5 Å². The molecule has 23 heavy (non-hydrogen) atoms. The molecule has 0 aliphatic carbocycles. The summed E-state index contributed by atoms with van der Waals surface area (Å²) in [4.78, 5) is 13.8. The number of hydrogen-bond donors (Lipinski definition) is 1. The maximum Gasteiger partial charge on any atom is 0.321 e. The molecular weight excluding hydrogens is 295 g/mol. The Balaban J connectivity index is 2.08. The van der Waals surface area contributed by atoms with E-state index in [2.05, 4.69) is 5.32 Å². The number of nitrogens with one attached hydrogen (secondary N) is 1. The van der Waals surface area contributed by atoms with Crippen LogP contribution in [0.1, 0.15) is 19.4 Å². The highest BCUT2D eigenvalue weighted by atomic mass is 19.1. The molecule has 2 aromatic rings. The van der Waals surface area contributed by atoms with Crippen molar-refractivity contribution in [3.05, 3.63) is 59.9 Å². The van der Waals surface area contributed by atoms with Crippen molar-refractivity contribution in [1.82, 2.24) is 4.90 Å². The highest BCUT2D eigenvalue weighted by Gasteiger charge is 2.14. The third kappa shape index (κ3) is 4.98. The maximum atomic E-state index is 13.5. The third-order valence-electron chi connectivity index (χ3n) is 3.16. The second-order valence-corrected chi connectivity index (χ2v) is 5.58. The average molecular weight is 316 g/mol. The lowest BCUT2D eigenvalue weighted by molar-refractivity contribution is 0.219. The van der Waals surface area contributed by atoms with Crippen LogP contribution < -0.4 is 10.1 Å². The quantitative estimate of drug-likeness (QED) is 0.894. The lowest BCUT2D eigenvalue weighted by atomic mass is 10.2. The van der Waals surface area contributed by atoms with Crippen LogP contribution in [0.2, 0.25) is 0 Å². The fourth-order valence-corrected chi connectivity index (χ4v) is 2.10. The zero-order chi connectivity index (χ0) is 16.8. The summed E-state index contributed by atoms with van der Waals surface area (Å²) in [5.41, 5.74) is 1.34. The lowest BCUT2D eigenvalue weighted by Crippen LogP contribution is -2.31. The van der Waals surface area contributed by atoms with Crippen molar-refractivity contribution in [2.45, 2.75) is 26.5 Å². The first kappa shape index (κ1) is 16.8. The number of hydrogen-bond acceptors (Lipinski definition) is 2. The molecular formula is C18H21FN2O2. The van der Waals surface area contributed by atoms with E-state index in [9.17, 15) is 9.18 Å². The van der Waals surface area contributed by atoms with Gasteiger partial charge in [0.1, 0.15) is 11.6 Å². The van der Waals surface area contributed by atoms with Gasteiger partial charge >= 0.3 is 6.03 Å². The summed E-state index contributed by atoms with van der Waals surface area (Å²) < 4.78 is 19.1. The fourth-order valence-electron chi connectivity index (χ4n) is 2.10. The van der Waals surface area contributed by atoms with Gasteiger partial charge in [0.15, 0.2) is 0 Å². The second kappa shape index (κ2) is 7.63. The van der Waals surface area contributed by atoms with Gasteiger partial charge in [-0.2, -0.15) is 0 Å². The van der Waals surface area contributed by atoms with Crippen LogP contribution in [0, 0.1) is 5.82 Å². The number of rotatable bonds is 5. The minimum absolute atomic E-state index is 0.0711. The second-order valence-electron chi connectivity index (χ2n) is 5.58. The molecule has 0 saturated carbocycles. The van der Waals surface area contributed by atoms with Crippen molar-refractivity contribution in [3.63, 3.8) is 0 Å². The summed E-state index contributed by atoms with van der Waals surface area (Å²) in [6, 6.07) is 13.4. The molecule has 0 aliphatic rings. The smallest absolute Gasteiger partial charge is 0.321 e. The van der Waals surface area contributed by atoms with E-state index in [1.165, 1.54) is 23.1 Å². The zero-order valence-electron chi connectivity index (χ0n) is 13.5. The number of benzene rings is 2. The molecule has 2 aromatic carbocycles. The van der Waals surface area contributed by atoms with E-state index in [4.69, 9.17) is 4.74 Å². The predicted octanol–water partition coefficient (Wildman–Crippen LogP) is 4.28. The molecule has 0 fully saturated rings. The van der Waals surface area contributed by atoms with Crippen LogP contribution in [-0.4, -0.2) is 24.1 Å². The lowest BCUT2D eigenvalue weighted by Gasteiger charge is -2.20. The number of halogens is 1. The molecule has 0 bridgehead atoms. The minimum Gasteiger partial charge on any atom is -0.489 e. The fraction of sp³-hybridized carbons (Fsp3) is 0.278. The summed E-state index contributed by atoms with van der Waals surface area (Å²) in [5, 5.41) is 2.70. The van der Waals surface area contributed by atoms with Crippen LogP contribution >= 0.6 is 0 Å². The summed E-state index contributed by atoms with van der Waals surface area (Å²) in [5.74, 6) is 0.0185. The normalized spacial score (nSPS) is 10.5. The Kier molecular flexibility index (Phi) is 5.57. The van der Waals surface area contributed by atoms with E-state index in [1.807, 2.05) is 44.2 Å². The standard InChI is InChI=1S/C18H21FN2O2/c1-13(2)23-17-10-9-15(19)11-16(17)20-18(22)21(3)12-14-7-5-4-6-8-14/h4-11,13H,12H2,1-3H3,(H,20,22). The van der Waals surface area contributed by atoms with Crippen LogP contribution in [0.3, 0.4) is 0 Å². The van der Waals surface area contributed by atoms with Gasteiger partial charge in [0.2, 0.25) is 0 Å². The zero-order valence-corrected chi connectivity index (χ0v) is 13.5. The van der Waals surface area contributed by atoms with Crippen LogP contribution in [-0.2, 0) is 6.54 Å². The van der Waals surface area contributed by atoms with Gasteiger partial charge in [-0.3, -0.25) is 0 Å². The molecule has 5 heteroatoms. The number of nitrogens with zero attached hydrogens (tertiary/aromatic N) is 1. The molecule has 0 unspecified atom stereocenters. The van der Waals surface area contributed by atoms with Crippen molar-refractivity contribution in [3.8, 4) is 5.75 Å². The van der Waals surface area contributed by atoms with Gasteiger partial charge in [0, 0.05) is 19.7 Å². The number of anilines is 1. The van der Waals surface area contributed by atoms with E-state index >= 15 is 0 Å². The molecule has 1 N–H and O–H groups in total. The minimum atomic E-state index is -0.429. The molecule has 0 aliphatic heterocycles. The van der Waals surface area contributed by atoms with Crippen LogP contribution in [0.5, 0.6) is 5.75 Å². The van der Waals surface area contributed by atoms with Gasteiger partial charge < -0.3 is 15.0 Å². The molecule has 0 saturated heterocycles. The van der Waals surface area contributed by atoms with Crippen molar-refractivity contribution in [1.29, 1.82) is 0 Å². The number of amides is 2. The van der Waals surface area contributed by atoms with E-state index in [0.29, 0.717) is 18.0 Å². The Labute approximate surface area is 135 Å². The Morgan fingerprint density at radius 1 is 1.22 bits per heavy atom. The first-order chi connectivity index (χ1) is 11.0. The Bertz CT molecular complexity index is 659. The van der Waals surface area contributed by atoms with Gasteiger partial charge in [-0.15, -0.1) is 0 Å². The van der Waals surface area contributed by atoms with Gasteiger partial charge in [0.05, 0.1) is 11.8 Å². The highest BCUT2D eigenvalue weighted by molar-refractivity contribution is 5.90. The predicted molar refractivity (Wildman–Crippen MR) is 89.1 cm³/mol. The van der Waals surface area contributed by atoms with E-state index in [-0.39, 0.29) is 12.1 Å². The van der Waals surface area contributed by atoms with Crippen LogP contribution in [0.4, 0.5) is 14.9 Å². The molecule has 2 amide bonds. The number of ether oxygens (including phenoxy) is 1. The SMILES string of the molecule is CC(C)Oc1ccc(F)cc1NC(=O)N(C)Cc1ccccc1. The molecule has 0 atom stereocenters. The summed E-state index contributed by atoms with van der Waals surface area (Å²) >= 11 is 0. The Hall–Kier alpha value is -2.56. The summed E-state index contributed by atoms with van der Waals surface area (Å²) in [6.45, 7) is 4.20. The van der Waals surface area contributed by atoms with Crippen molar-refractivity contribution in [2.24, 2.45) is 0 Å². The van der Waals surface area contributed by atoms with E-state index < -0.39 is 5.82 Å². The summed E-state index contributed by atoms with van der Waals surface area (Å²) in [6.07, 6.45) is -0.0711. The van der Waals surface area contributed by atoms with E-state index in [0.717, 1.165) is 5.56 Å². The monoisotopic (exact) mass is 316 g/mol. The summed E-state index contributed by atoms with van der Waals surface area (Å²) in [7, 11) is 1.69. The van der Waals surface area contributed by atoms with Crippen molar-refractivity contribution < 1.29 is 13.9 Å². The van der Waals surface area contributed by atoms with Gasteiger partial charge in [-0.1, -0.05) is 30.3 Å². The van der Waals surface area contributed by atoms with Gasteiger partial charge in [0.25, 0.3) is 0 Å². The topological polar surface area (TPSA) is 41.6 Å². The molecule has 0 aromatic heterocycles. The highest BCUT2D eigenvalue weighted by Crippen LogP contribution is 2.26. The maximum absolute atomic E-state index is 13.5. The average Bonchev–Trinajstić information content (AvgIpc) is 2.50. The molecule has 0 heterocycles. The number of carbonyl (C=O) groups excluding carboxylic acids is 1. The van der Waals surface area contributed by atoms with Gasteiger partial charge in [-0.25, -0.2) is 9.18 Å². The molecule has 2 rings (SSSR count). The Morgan fingerprint density at radius 2 is 1.91 bits per heavy atom. The van der Waals surface area contributed by atoms with Gasteiger partial charge in [-0.05, 0) is 31.5 Å². The molecule has 4 nitrogen and oxygen atoms in total. The largest absolute Gasteiger partial charge is 0.489 e. The third-order valence-corrected chi connectivity index (χ3v) is 3.16. The molecule has 122 valence electrons. The molecule has 0 radical (unpaired) electrons. The van der Waals surface area contributed by atoms with Crippen LogP contribution in [0.25, 0.3) is 0 Å². The number of carbonyl (C=O) groups is 1. The number of urea groups is 1. The van der Waals surface area contributed by atoms with E-state index in [1.54, 1.807) is 7.05 Å². The molecule has 0 spiro atoms. The van der Waals surface area contributed by atoms with Crippen molar-refractivity contribution >= 4 is 11.7 Å². The Morgan fingerprint density at radius 3 is 2.57 bits per heavy atom.